The average molecular weight is 379 g/mol. The molecule has 0 radical (unpaired) electrons. The van der Waals surface area contributed by atoms with E-state index in [2.05, 4.69) is 13.8 Å². The van der Waals surface area contributed by atoms with Gasteiger partial charge in [0.1, 0.15) is 0 Å². The van der Waals surface area contributed by atoms with Gasteiger partial charge in [-0.05, 0) is 19.3 Å². The fourth-order valence-corrected chi connectivity index (χ4v) is 3.51. The molecule has 0 aliphatic carbocycles. The van der Waals surface area contributed by atoms with Gasteiger partial charge in [0.15, 0.2) is 0 Å². The van der Waals surface area contributed by atoms with Crippen molar-refractivity contribution in [2.24, 2.45) is 5.92 Å². The average Bonchev–Trinajstić information content (AvgIpc) is 2.59. The van der Waals surface area contributed by atoms with Gasteiger partial charge in [0.25, 0.3) is 0 Å². The van der Waals surface area contributed by atoms with Gasteiger partial charge in [-0.3, -0.25) is 0 Å². The number of aliphatic hydroxyl groups is 2. The van der Waals surface area contributed by atoms with Crippen molar-refractivity contribution < 1.29 is 39.0 Å². The molecule has 0 saturated heterocycles. The number of hydrogen-bond donors (Lipinski definition) is 2. The van der Waals surface area contributed by atoms with E-state index in [-0.39, 0.29) is 25.3 Å². The van der Waals surface area contributed by atoms with Crippen LogP contribution in [0, 0.1) is 5.92 Å². The molecule has 3 atom stereocenters. The van der Waals surface area contributed by atoms with Crippen LogP contribution in [0.1, 0.15) is 117 Å². The standard InChI is InChI=1S/C22H44O4.Li/c1-3-5-7-9-10-11-12-13-14-16-19(23)18-21(24)20(22(25)26)17-15-8-6-4-2;/h19-21,23-24H,3-18H2,1-2H3,(H,25,26);/q;+1/p-1/t19-,20+,21+;/m1./s1. The van der Waals surface area contributed by atoms with Crippen LogP contribution in [-0.2, 0) is 4.79 Å². The number of carbonyl (C=O) groups excluding carboxylic acids is 1. The van der Waals surface area contributed by atoms with Crippen molar-refractivity contribution in [3.63, 3.8) is 0 Å². The molecule has 0 aromatic carbocycles. The molecule has 156 valence electrons. The molecule has 0 aliphatic rings. The summed E-state index contributed by atoms with van der Waals surface area (Å²) >= 11 is 0. The van der Waals surface area contributed by atoms with Crippen molar-refractivity contribution in [1.82, 2.24) is 0 Å². The van der Waals surface area contributed by atoms with Crippen LogP contribution in [0.5, 0.6) is 0 Å². The largest absolute Gasteiger partial charge is 1.00 e. The second-order valence-electron chi connectivity index (χ2n) is 7.85. The number of hydrogen-bond acceptors (Lipinski definition) is 4. The van der Waals surface area contributed by atoms with Crippen LogP contribution in [0.15, 0.2) is 0 Å². The van der Waals surface area contributed by atoms with Crippen molar-refractivity contribution in [2.45, 2.75) is 129 Å². The summed E-state index contributed by atoms with van der Waals surface area (Å²) in [5.74, 6) is -2.05. The molecular formula is C22H43LiO4. The summed E-state index contributed by atoms with van der Waals surface area (Å²) in [5, 5.41) is 31.5. The van der Waals surface area contributed by atoms with Gasteiger partial charge in [0.2, 0.25) is 0 Å². The molecule has 0 heterocycles. The zero-order chi connectivity index (χ0) is 19.6. The van der Waals surface area contributed by atoms with Crippen LogP contribution in [0.2, 0.25) is 0 Å². The Balaban J connectivity index is 0. The zero-order valence-corrected chi connectivity index (χ0v) is 18.3. The quantitative estimate of drug-likeness (QED) is 0.263. The maximum Gasteiger partial charge on any atom is 1.00 e. The molecule has 4 nitrogen and oxygen atoms in total. The number of aliphatic carboxylic acids is 1. The van der Waals surface area contributed by atoms with E-state index in [4.69, 9.17) is 0 Å². The third-order valence-electron chi connectivity index (χ3n) is 5.29. The summed E-state index contributed by atoms with van der Waals surface area (Å²) in [5.41, 5.74) is 0. The number of carbonyl (C=O) groups is 1. The molecule has 5 heteroatoms. The maximum atomic E-state index is 11.3. The smallest absolute Gasteiger partial charge is 0.550 e. The van der Waals surface area contributed by atoms with Gasteiger partial charge in [0.05, 0.1) is 12.2 Å². The van der Waals surface area contributed by atoms with E-state index >= 15 is 0 Å². The molecule has 0 unspecified atom stereocenters. The Morgan fingerprint density at radius 1 is 0.741 bits per heavy atom. The predicted molar refractivity (Wildman–Crippen MR) is 106 cm³/mol. The maximum absolute atomic E-state index is 11.3. The summed E-state index contributed by atoms with van der Waals surface area (Å²) in [6.07, 6.45) is 14.6. The van der Waals surface area contributed by atoms with Gasteiger partial charge in [0, 0.05) is 11.9 Å². The normalized spacial score (nSPS) is 14.4. The van der Waals surface area contributed by atoms with Crippen molar-refractivity contribution in [1.29, 1.82) is 0 Å². The van der Waals surface area contributed by atoms with Gasteiger partial charge < -0.3 is 20.1 Å². The Morgan fingerprint density at radius 3 is 1.63 bits per heavy atom. The summed E-state index contributed by atoms with van der Waals surface area (Å²) in [6, 6.07) is 0. The molecule has 0 amide bonds. The van der Waals surface area contributed by atoms with Crippen LogP contribution in [0.4, 0.5) is 0 Å². The van der Waals surface area contributed by atoms with Crippen molar-refractivity contribution in [3.8, 4) is 0 Å². The Kier molecular flexibility index (Phi) is 22.4. The van der Waals surface area contributed by atoms with Crippen LogP contribution in [0.25, 0.3) is 0 Å². The number of aliphatic hydroxyl groups excluding tert-OH is 2. The van der Waals surface area contributed by atoms with Gasteiger partial charge in [-0.25, -0.2) is 0 Å². The van der Waals surface area contributed by atoms with E-state index < -0.39 is 24.1 Å². The molecule has 27 heavy (non-hydrogen) atoms. The van der Waals surface area contributed by atoms with E-state index in [0.717, 1.165) is 38.5 Å². The van der Waals surface area contributed by atoms with Crippen molar-refractivity contribution in [2.75, 3.05) is 0 Å². The Bertz CT molecular complexity index is 325. The Labute approximate surface area is 179 Å². The first kappa shape index (κ1) is 29.2. The monoisotopic (exact) mass is 378 g/mol. The van der Waals surface area contributed by atoms with Crippen LogP contribution in [-0.4, -0.2) is 28.4 Å². The van der Waals surface area contributed by atoms with Gasteiger partial charge in [-0.1, -0.05) is 97.3 Å². The van der Waals surface area contributed by atoms with Crippen molar-refractivity contribution >= 4 is 5.97 Å². The molecular weight excluding hydrogens is 335 g/mol. The molecule has 0 aromatic heterocycles. The topological polar surface area (TPSA) is 80.6 Å². The summed E-state index contributed by atoms with van der Waals surface area (Å²) < 4.78 is 0. The van der Waals surface area contributed by atoms with Crippen LogP contribution in [0.3, 0.4) is 0 Å². The first-order valence-corrected chi connectivity index (χ1v) is 11.1. The van der Waals surface area contributed by atoms with Gasteiger partial charge in [-0.15, -0.1) is 0 Å². The molecule has 0 spiro atoms. The molecule has 2 N–H and O–H groups in total. The minimum absolute atomic E-state index is 0. The molecule has 0 saturated carbocycles. The van der Waals surface area contributed by atoms with Crippen molar-refractivity contribution in [3.05, 3.63) is 0 Å². The molecule has 0 aliphatic heterocycles. The van der Waals surface area contributed by atoms with Crippen LogP contribution < -0.4 is 24.0 Å². The van der Waals surface area contributed by atoms with Crippen LogP contribution >= 0.6 is 0 Å². The minimum atomic E-state index is -1.19. The predicted octanol–water partition coefficient (Wildman–Crippen LogP) is 1.36. The first-order chi connectivity index (χ1) is 12.5. The van der Waals surface area contributed by atoms with E-state index in [0.29, 0.717) is 12.8 Å². The zero-order valence-electron chi connectivity index (χ0n) is 18.3. The number of carboxylic acid groups (broad SMARTS) is 1. The van der Waals surface area contributed by atoms with E-state index in [1.165, 1.54) is 44.9 Å². The fraction of sp³-hybridized carbons (Fsp3) is 0.955. The summed E-state index contributed by atoms with van der Waals surface area (Å²) in [7, 11) is 0. The third-order valence-corrected chi connectivity index (χ3v) is 5.29. The molecule has 0 bridgehead atoms. The molecule has 0 rings (SSSR count). The minimum Gasteiger partial charge on any atom is -0.550 e. The second-order valence-corrected chi connectivity index (χ2v) is 7.85. The summed E-state index contributed by atoms with van der Waals surface area (Å²) in [4.78, 5) is 11.3. The number of carboxylic acids is 1. The van der Waals surface area contributed by atoms with Gasteiger partial charge in [-0.2, -0.15) is 0 Å². The Morgan fingerprint density at radius 2 is 1.15 bits per heavy atom. The molecule has 0 aromatic rings. The summed E-state index contributed by atoms with van der Waals surface area (Å²) in [6.45, 7) is 4.33. The van der Waals surface area contributed by atoms with E-state index in [1.54, 1.807) is 0 Å². The Hall–Kier alpha value is -0.0126. The fourth-order valence-electron chi connectivity index (χ4n) is 3.51. The first-order valence-electron chi connectivity index (χ1n) is 11.1. The number of unbranched alkanes of at least 4 members (excludes halogenated alkanes) is 11. The number of rotatable bonds is 19. The molecule has 0 fully saturated rings. The van der Waals surface area contributed by atoms with Gasteiger partial charge >= 0.3 is 18.9 Å². The third kappa shape index (κ3) is 17.8. The SMILES string of the molecule is CCCCCCCCCCC[C@@H](O)C[C@H](O)[C@H](CCCCCC)C(=O)[O-].[Li+]. The second kappa shape index (κ2) is 20.7. The van der Waals surface area contributed by atoms with E-state index in [1.807, 2.05) is 0 Å². The van der Waals surface area contributed by atoms with E-state index in [9.17, 15) is 20.1 Å².